The lowest BCUT2D eigenvalue weighted by atomic mass is 10.2. The highest BCUT2D eigenvalue weighted by molar-refractivity contribution is 7.93. The third-order valence-electron chi connectivity index (χ3n) is 3.47. The number of fused-ring (bicyclic) bond motifs is 1. The standard InChI is InChI=1S/C14H16N2O4S/c1-9-8-19-13-7-5-4-6-12(13)16(9)21(17,18)14-10(2)15-20-11(14)3/h4-7,9H,8H2,1-3H3. The van der Waals surface area contributed by atoms with Crippen LogP contribution < -0.4 is 9.04 Å². The molecule has 0 spiro atoms. The van der Waals surface area contributed by atoms with Gasteiger partial charge in [-0.15, -0.1) is 0 Å². The van der Waals surface area contributed by atoms with E-state index >= 15 is 0 Å². The zero-order valence-corrected chi connectivity index (χ0v) is 12.8. The van der Waals surface area contributed by atoms with Gasteiger partial charge in [0.15, 0.2) is 10.7 Å². The summed E-state index contributed by atoms with van der Waals surface area (Å²) in [6.07, 6.45) is 0. The average Bonchev–Trinajstić information content (AvgIpc) is 2.78. The van der Waals surface area contributed by atoms with E-state index in [-0.39, 0.29) is 10.9 Å². The molecule has 1 atom stereocenters. The smallest absolute Gasteiger partial charge is 0.270 e. The van der Waals surface area contributed by atoms with Crippen LogP contribution >= 0.6 is 0 Å². The number of para-hydroxylation sites is 2. The maximum atomic E-state index is 13.0. The van der Waals surface area contributed by atoms with Gasteiger partial charge in [0.1, 0.15) is 18.1 Å². The number of aromatic nitrogens is 1. The van der Waals surface area contributed by atoms with E-state index in [1.807, 2.05) is 13.0 Å². The SMILES string of the molecule is Cc1noc(C)c1S(=O)(=O)N1c2ccccc2OCC1C. The van der Waals surface area contributed by atoms with E-state index < -0.39 is 10.0 Å². The Morgan fingerprint density at radius 2 is 2.00 bits per heavy atom. The highest BCUT2D eigenvalue weighted by atomic mass is 32.2. The minimum atomic E-state index is -3.75. The van der Waals surface area contributed by atoms with E-state index in [0.29, 0.717) is 29.5 Å². The van der Waals surface area contributed by atoms with Gasteiger partial charge in [-0.3, -0.25) is 4.31 Å². The predicted molar refractivity (Wildman–Crippen MR) is 77.0 cm³/mol. The molecule has 0 radical (unpaired) electrons. The molecule has 21 heavy (non-hydrogen) atoms. The molecule has 1 aromatic heterocycles. The summed E-state index contributed by atoms with van der Waals surface area (Å²) in [7, 11) is -3.75. The molecule has 0 aliphatic carbocycles. The van der Waals surface area contributed by atoms with Crippen molar-refractivity contribution in [2.75, 3.05) is 10.9 Å². The molecule has 0 saturated heterocycles. The van der Waals surface area contributed by atoms with Crippen molar-refractivity contribution in [3.8, 4) is 5.75 Å². The number of hydrogen-bond acceptors (Lipinski definition) is 5. The van der Waals surface area contributed by atoms with Crippen LogP contribution in [0.2, 0.25) is 0 Å². The van der Waals surface area contributed by atoms with Gasteiger partial charge in [-0.2, -0.15) is 0 Å². The van der Waals surface area contributed by atoms with E-state index in [9.17, 15) is 8.42 Å². The van der Waals surface area contributed by atoms with Crippen LogP contribution in [0, 0.1) is 13.8 Å². The molecule has 0 bridgehead atoms. The number of hydrogen-bond donors (Lipinski definition) is 0. The van der Waals surface area contributed by atoms with Crippen LogP contribution in [0.4, 0.5) is 5.69 Å². The third-order valence-corrected chi connectivity index (χ3v) is 5.64. The van der Waals surface area contributed by atoms with Crippen LogP contribution in [0.15, 0.2) is 33.7 Å². The van der Waals surface area contributed by atoms with E-state index in [1.54, 1.807) is 32.0 Å². The van der Waals surface area contributed by atoms with Gasteiger partial charge < -0.3 is 9.26 Å². The predicted octanol–water partition coefficient (Wildman–Crippen LogP) is 2.27. The maximum absolute atomic E-state index is 13.0. The summed E-state index contributed by atoms with van der Waals surface area (Å²) in [5, 5.41) is 3.75. The van der Waals surface area contributed by atoms with Crippen LogP contribution in [0.5, 0.6) is 5.75 Å². The van der Waals surface area contributed by atoms with Gasteiger partial charge in [-0.05, 0) is 32.9 Å². The molecule has 0 fully saturated rings. The third kappa shape index (κ3) is 2.08. The Morgan fingerprint density at radius 3 is 2.67 bits per heavy atom. The second-order valence-corrected chi connectivity index (χ2v) is 6.83. The molecule has 2 heterocycles. The van der Waals surface area contributed by atoms with Gasteiger partial charge >= 0.3 is 0 Å². The van der Waals surface area contributed by atoms with E-state index in [2.05, 4.69) is 5.16 Å². The van der Waals surface area contributed by atoms with Crippen molar-refractivity contribution in [3.05, 3.63) is 35.7 Å². The first kappa shape index (κ1) is 13.9. The summed E-state index contributed by atoms with van der Waals surface area (Å²) >= 11 is 0. The lowest BCUT2D eigenvalue weighted by Crippen LogP contribution is -2.45. The van der Waals surface area contributed by atoms with Crippen LogP contribution in [0.25, 0.3) is 0 Å². The second kappa shape index (κ2) is 4.77. The van der Waals surface area contributed by atoms with Gasteiger partial charge in [-0.1, -0.05) is 17.3 Å². The van der Waals surface area contributed by atoms with Crippen molar-refractivity contribution in [2.45, 2.75) is 31.7 Å². The number of sulfonamides is 1. The number of anilines is 1. The van der Waals surface area contributed by atoms with Crippen molar-refractivity contribution in [3.63, 3.8) is 0 Å². The van der Waals surface area contributed by atoms with Crippen LogP contribution in [0.1, 0.15) is 18.4 Å². The molecular formula is C14H16N2O4S. The minimum Gasteiger partial charge on any atom is -0.489 e. The summed E-state index contributed by atoms with van der Waals surface area (Å²) in [6.45, 7) is 5.34. The summed E-state index contributed by atoms with van der Waals surface area (Å²) in [5.41, 5.74) is 0.903. The van der Waals surface area contributed by atoms with Crippen molar-refractivity contribution < 1.29 is 17.7 Å². The Bertz CT molecular complexity index is 763. The molecule has 0 N–H and O–H groups in total. The number of rotatable bonds is 2. The number of nitrogens with zero attached hydrogens (tertiary/aromatic N) is 2. The average molecular weight is 308 g/mol. The van der Waals surface area contributed by atoms with Gasteiger partial charge in [0.2, 0.25) is 0 Å². The summed E-state index contributed by atoms with van der Waals surface area (Å²) < 4.78 is 38.1. The topological polar surface area (TPSA) is 72.6 Å². The van der Waals surface area contributed by atoms with Crippen molar-refractivity contribution in [1.29, 1.82) is 0 Å². The van der Waals surface area contributed by atoms with E-state index in [4.69, 9.17) is 9.26 Å². The summed E-state index contributed by atoms with van der Waals surface area (Å²) in [4.78, 5) is 0.131. The fourth-order valence-corrected chi connectivity index (χ4v) is 4.54. The van der Waals surface area contributed by atoms with E-state index in [0.717, 1.165) is 0 Å². The van der Waals surface area contributed by atoms with Crippen molar-refractivity contribution >= 4 is 15.7 Å². The van der Waals surface area contributed by atoms with Crippen molar-refractivity contribution in [1.82, 2.24) is 5.16 Å². The zero-order valence-electron chi connectivity index (χ0n) is 12.0. The normalized spacial score (nSPS) is 18.2. The largest absolute Gasteiger partial charge is 0.489 e. The first-order chi connectivity index (χ1) is 9.93. The Hall–Kier alpha value is -2.02. The molecule has 1 aliphatic rings. The molecule has 112 valence electrons. The van der Waals surface area contributed by atoms with Gasteiger partial charge in [0.05, 0.1) is 11.7 Å². The number of ether oxygens (including phenoxy) is 1. The highest BCUT2D eigenvalue weighted by Gasteiger charge is 2.38. The molecule has 0 amide bonds. The monoisotopic (exact) mass is 308 g/mol. The highest BCUT2D eigenvalue weighted by Crippen LogP contribution is 2.38. The van der Waals surface area contributed by atoms with E-state index in [1.165, 1.54) is 4.31 Å². The Balaban J connectivity index is 2.20. The van der Waals surface area contributed by atoms with Crippen LogP contribution in [-0.2, 0) is 10.0 Å². The van der Waals surface area contributed by atoms with Gasteiger partial charge in [0, 0.05) is 0 Å². The first-order valence-electron chi connectivity index (χ1n) is 6.62. The molecule has 1 aliphatic heterocycles. The van der Waals surface area contributed by atoms with Crippen molar-refractivity contribution in [2.24, 2.45) is 0 Å². The fraction of sp³-hybridized carbons (Fsp3) is 0.357. The van der Waals surface area contributed by atoms with Gasteiger partial charge in [0.25, 0.3) is 10.0 Å². The maximum Gasteiger partial charge on any atom is 0.270 e. The molecule has 1 aromatic carbocycles. The fourth-order valence-electron chi connectivity index (χ4n) is 2.58. The first-order valence-corrected chi connectivity index (χ1v) is 8.06. The summed E-state index contributed by atoms with van der Waals surface area (Å²) in [5.74, 6) is 0.856. The molecule has 6 nitrogen and oxygen atoms in total. The second-order valence-electron chi connectivity index (χ2n) is 5.08. The summed E-state index contributed by atoms with van der Waals surface area (Å²) in [6, 6.07) is 6.79. The molecule has 2 aromatic rings. The Labute approximate surface area is 123 Å². The minimum absolute atomic E-state index is 0.131. The van der Waals surface area contributed by atoms with Crippen LogP contribution in [-0.4, -0.2) is 26.2 Å². The Morgan fingerprint density at radius 1 is 1.29 bits per heavy atom. The van der Waals surface area contributed by atoms with Crippen LogP contribution in [0.3, 0.4) is 0 Å². The number of aryl methyl sites for hydroxylation is 2. The molecule has 3 rings (SSSR count). The molecule has 7 heteroatoms. The lowest BCUT2D eigenvalue weighted by Gasteiger charge is -2.35. The molecular weight excluding hydrogens is 292 g/mol. The molecule has 0 saturated carbocycles. The molecule has 1 unspecified atom stereocenters. The lowest BCUT2D eigenvalue weighted by molar-refractivity contribution is 0.281. The van der Waals surface area contributed by atoms with Gasteiger partial charge in [-0.25, -0.2) is 8.42 Å². The number of benzene rings is 1. The quantitative estimate of drug-likeness (QED) is 0.851. The zero-order chi connectivity index (χ0) is 15.2. The Kier molecular flexibility index (Phi) is 3.16.